The van der Waals surface area contributed by atoms with Crippen molar-refractivity contribution in [2.75, 3.05) is 13.7 Å². The molecule has 2 heteroatoms. The summed E-state index contributed by atoms with van der Waals surface area (Å²) in [7, 11) is 1.61. The molecule has 0 spiro atoms. The molecule has 1 rings (SSSR count). The number of ether oxygens (including phenoxy) is 2. The van der Waals surface area contributed by atoms with Crippen LogP contribution < -0.4 is 4.74 Å². The van der Waals surface area contributed by atoms with E-state index in [1.165, 1.54) is 0 Å². The van der Waals surface area contributed by atoms with Crippen LogP contribution in [-0.4, -0.2) is 13.7 Å². The molecule has 0 bridgehead atoms. The zero-order valence-electron chi connectivity index (χ0n) is 8.04. The van der Waals surface area contributed by atoms with E-state index in [2.05, 4.69) is 6.58 Å². The molecule has 0 aliphatic heterocycles. The molecule has 0 saturated carbocycles. The van der Waals surface area contributed by atoms with Crippen LogP contribution in [-0.2, 0) is 4.74 Å². The summed E-state index contributed by atoms with van der Waals surface area (Å²) < 4.78 is 10.3. The van der Waals surface area contributed by atoms with E-state index in [1.54, 1.807) is 7.11 Å². The van der Waals surface area contributed by atoms with Gasteiger partial charge in [-0.05, 0) is 31.2 Å². The number of rotatable bonds is 4. The molecule has 0 atom stereocenters. The first-order valence-corrected chi connectivity index (χ1v) is 4.24. The molecule has 70 valence electrons. The average molecular weight is 178 g/mol. The minimum atomic E-state index is 0.669. The smallest absolute Gasteiger partial charge is 0.119 e. The lowest BCUT2D eigenvalue weighted by molar-refractivity contribution is 0.340. The van der Waals surface area contributed by atoms with Crippen LogP contribution in [0.2, 0.25) is 0 Å². The highest BCUT2D eigenvalue weighted by atomic mass is 16.5. The number of methoxy groups -OCH3 is 1. The van der Waals surface area contributed by atoms with Crippen LogP contribution in [0.1, 0.15) is 12.5 Å². The van der Waals surface area contributed by atoms with Gasteiger partial charge in [0, 0.05) is 5.56 Å². The highest BCUT2D eigenvalue weighted by molar-refractivity contribution is 5.57. The van der Waals surface area contributed by atoms with Gasteiger partial charge >= 0.3 is 0 Å². The van der Waals surface area contributed by atoms with Crippen molar-refractivity contribution in [3.05, 3.63) is 36.4 Å². The van der Waals surface area contributed by atoms with Crippen LogP contribution in [0, 0.1) is 0 Å². The Kier molecular flexibility index (Phi) is 3.38. The second kappa shape index (κ2) is 4.55. The van der Waals surface area contributed by atoms with Gasteiger partial charge in [-0.15, -0.1) is 0 Å². The Morgan fingerprint density at radius 1 is 1.31 bits per heavy atom. The summed E-state index contributed by atoms with van der Waals surface area (Å²) >= 11 is 0. The molecule has 2 nitrogen and oxygen atoms in total. The Hall–Kier alpha value is -1.44. The summed E-state index contributed by atoms with van der Waals surface area (Å²) in [5.41, 5.74) is 0.978. The third kappa shape index (κ3) is 2.51. The summed E-state index contributed by atoms with van der Waals surface area (Å²) in [5.74, 6) is 1.54. The van der Waals surface area contributed by atoms with Gasteiger partial charge in [-0.2, -0.15) is 0 Å². The lowest BCUT2D eigenvalue weighted by atomic mass is 10.2. The quantitative estimate of drug-likeness (QED) is 0.660. The summed E-state index contributed by atoms with van der Waals surface area (Å²) in [5, 5.41) is 0. The molecule has 1 aromatic carbocycles. The Morgan fingerprint density at radius 3 is 2.38 bits per heavy atom. The fourth-order valence-electron chi connectivity index (χ4n) is 1.02. The number of benzene rings is 1. The van der Waals surface area contributed by atoms with Crippen LogP contribution in [0.4, 0.5) is 0 Å². The second-order valence-corrected chi connectivity index (χ2v) is 2.58. The molecule has 0 N–H and O–H groups in total. The van der Waals surface area contributed by atoms with Crippen LogP contribution in [0.5, 0.6) is 5.75 Å². The van der Waals surface area contributed by atoms with Gasteiger partial charge in [0.1, 0.15) is 11.5 Å². The zero-order valence-corrected chi connectivity index (χ0v) is 8.04. The fraction of sp³-hybridized carbons (Fsp3) is 0.273. The van der Waals surface area contributed by atoms with Crippen molar-refractivity contribution in [2.45, 2.75) is 6.92 Å². The average Bonchev–Trinajstić information content (AvgIpc) is 2.18. The molecular weight excluding hydrogens is 164 g/mol. The zero-order chi connectivity index (χ0) is 9.68. The predicted molar refractivity (Wildman–Crippen MR) is 53.7 cm³/mol. The third-order valence-electron chi connectivity index (χ3n) is 1.73. The molecule has 0 aliphatic rings. The molecule has 0 unspecified atom stereocenters. The second-order valence-electron chi connectivity index (χ2n) is 2.58. The lowest BCUT2D eigenvalue weighted by Gasteiger charge is -2.06. The van der Waals surface area contributed by atoms with Gasteiger partial charge in [-0.1, -0.05) is 6.58 Å². The SMILES string of the molecule is C=C(OC)c1ccc(OCC)cc1. The minimum absolute atomic E-state index is 0.669. The standard InChI is InChI=1S/C11H14O2/c1-4-13-11-7-5-10(6-8-11)9(2)12-3/h5-8H,2,4H2,1,3H3. The van der Waals surface area contributed by atoms with Crippen LogP contribution in [0.3, 0.4) is 0 Å². The Morgan fingerprint density at radius 2 is 1.92 bits per heavy atom. The first-order valence-electron chi connectivity index (χ1n) is 4.24. The van der Waals surface area contributed by atoms with E-state index in [0.29, 0.717) is 12.4 Å². The maximum Gasteiger partial charge on any atom is 0.119 e. The highest BCUT2D eigenvalue weighted by Crippen LogP contribution is 2.17. The van der Waals surface area contributed by atoms with Crippen molar-refractivity contribution in [1.82, 2.24) is 0 Å². The van der Waals surface area contributed by atoms with E-state index in [4.69, 9.17) is 9.47 Å². The summed E-state index contributed by atoms with van der Waals surface area (Å²) in [6.45, 7) is 6.40. The maximum absolute atomic E-state index is 5.30. The largest absolute Gasteiger partial charge is 0.497 e. The molecule has 0 amide bonds. The van der Waals surface area contributed by atoms with E-state index in [9.17, 15) is 0 Å². The van der Waals surface area contributed by atoms with Gasteiger partial charge in [0.2, 0.25) is 0 Å². The van der Waals surface area contributed by atoms with Crippen molar-refractivity contribution in [1.29, 1.82) is 0 Å². The van der Waals surface area contributed by atoms with Crippen molar-refractivity contribution in [3.63, 3.8) is 0 Å². The summed E-state index contributed by atoms with van der Waals surface area (Å²) in [6.07, 6.45) is 0. The van der Waals surface area contributed by atoms with E-state index < -0.39 is 0 Å². The minimum Gasteiger partial charge on any atom is -0.497 e. The molecular formula is C11H14O2. The van der Waals surface area contributed by atoms with Crippen molar-refractivity contribution in [3.8, 4) is 5.75 Å². The molecule has 0 aliphatic carbocycles. The fourth-order valence-corrected chi connectivity index (χ4v) is 1.02. The maximum atomic E-state index is 5.30. The van der Waals surface area contributed by atoms with Crippen LogP contribution >= 0.6 is 0 Å². The predicted octanol–water partition coefficient (Wildman–Crippen LogP) is 2.70. The van der Waals surface area contributed by atoms with Gasteiger partial charge in [-0.3, -0.25) is 0 Å². The molecule has 0 saturated heterocycles. The molecule has 1 aromatic rings. The van der Waals surface area contributed by atoms with Gasteiger partial charge in [-0.25, -0.2) is 0 Å². The Bertz CT molecular complexity index is 275. The highest BCUT2D eigenvalue weighted by Gasteiger charge is 1.97. The summed E-state index contributed by atoms with van der Waals surface area (Å²) in [6, 6.07) is 7.67. The molecule has 0 aromatic heterocycles. The third-order valence-corrected chi connectivity index (χ3v) is 1.73. The molecule has 13 heavy (non-hydrogen) atoms. The van der Waals surface area contributed by atoms with E-state index >= 15 is 0 Å². The topological polar surface area (TPSA) is 18.5 Å². The first kappa shape index (κ1) is 9.65. The lowest BCUT2D eigenvalue weighted by Crippen LogP contribution is -1.91. The van der Waals surface area contributed by atoms with Gasteiger partial charge in [0.25, 0.3) is 0 Å². The van der Waals surface area contributed by atoms with Crippen molar-refractivity contribution < 1.29 is 9.47 Å². The van der Waals surface area contributed by atoms with Gasteiger partial charge in [0.15, 0.2) is 0 Å². The van der Waals surface area contributed by atoms with Crippen LogP contribution in [0.25, 0.3) is 5.76 Å². The Balaban J connectivity index is 2.75. The van der Waals surface area contributed by atoms with Gasteiger partial charge in [0.05, 0.1) is 13.7 Å². The molecule has 0 radical (unpaired) electrons. The summed E-state index contributed by atoms with van der Waals surface area (Å²) in [4.78, 5) is 0. The van der Waals surface area contributed by atoms with Crippen molar-refractivity contribution >= 4 is 5.76 Å². The van der Waals surface area contributed by atoms with E-state index in [0.717, 1.165) is 11.3 Å². The van der Waals surface area contributed by atoms with E-state index in [-0.39, 0.29) is 0 Å². The van der Waals surface area contributed by atoms with Crippen molar-refractivity contribution in [2.24, 2.45) is 0 Å². The molecule has 0 heterocycles. The van der Waals surface area contributed by atoms with E-state index in [1.807, 2.05) is 31.2 Å². The first-order chi connectivity index (χ1) is 6.27. The Labute approximate surface area is 78.8 Å². The number of hydrogen-bond donors (Lipinski definition) is 0. The van der Waals surface area contributed by atoms with Crippen LogP contribution in [0.15, 0.2) is 30.8 Å². The normalized spacial score (nSPS) is 9.38. The number of hydrogen-bond acceptors (Lipinski definition) is 2. The van der Waals surface area contributed by atoms with Gasteiger partial charge < -0.3 is 9.47 Å². The monoisotopic (exact) mass is 178 g/mol. The molecule has 0 fully saturated rings.